The Morgan fingerprint density at radius 2 is 2.33 bits per heavy atom. The molecule has 0 bridgehead atoms. The van der Waals surface area contributed by atoms with E-state index in [0.29, 0.717) is 6.04 Å². The van der Waals surface area contributed by atoms with Gasteiger partial charge < -0.3 is 5.32 Å². The first-order chi connectivity index (χ1) is 8.74. The molecule has 18 heavy (non-hydrogen) atoms. The number of aromatic nitrogens is 1. The third kappa shape index (κ3) is 2.34. The van der Waals surface area contributed by atoms with E-state index >= 15 is 0 Å². The van der Waals surface area contributed by atoms with Crippen molar-refractivity contribution in [3.8, 4) is 0 Å². The molecule has 3 rings (SSSR count). The predicted molar refractivity (Wildman–Crippen MR) is 79.7 cm³/mol. The van der Waals surface area contributed by atoms with E-state index in [2.05, 4.69) is 17.2 Å². The van der Waals surface area contributed by atoms with Crippen molar-refractivity contribution >= 4 is 38.8 Å². The van der Waals surface area contributed by atoms with Gasteiger partial charge in [-0.25, -0.2) is 4.98 Å². The van der Waals surface area contributed by atoms with Crippen LogP contribution in [0.5, 0.6) is 0 Å². The maximum absolute atomic E-state index is 6.29. The van der Waals surface area contributed by atoms with Gasteiger partial charge in [-0.05, 0) is 31.4 Å². The maximum atomic E-state index is 6.29. The van der Waals surface area contributed by atoms with Gasteiger partial charge >= 0.3 is 0 Å². The number of halogens is 1. The standard InChI is InChI=1S/C14H17ClN2S/c1-9(7-10-3-2-4-10)17-13-11(15)5-6-12-14(13)16-8-18-12/h5-6,8-10,17H,2-4,7H2,1H3. The van der Waals surface area contributed by atoms with Crippen molar-refractivity contribution in [3.05, 3.63) is 22.7 Å². The van der Waals surface area contributed by atoms with E-state index in [0.717, 1.165) is 22.1 Å². The summed E-state index contributed by atoms with van der Waals surface area (Å²) in [6.07, 6.45) is 5.41. The summed E-state index contributed by atoms with van der Waals surface area (Å²) < 4.78 is 1.19. The zero-order valence-corrected chi connectivity index (χ0v) is 12.0. The molecule has 1 aliphatic carbocycles. The molecule has 1 saturated carbocycles. The van der Waals surface area contributed by atoms with Crippen LogP contribution in [0.4, 0.5) is 5.69 Å². The number of nitrogens with zero attached hydrogens (tertiary/aromatic N) is 1. The highest BCUT2D eigenvalue weighted by molar-refractivity contribution is 7.16. The summed E-state index contributed by atoms with van der Waals surface area (Å²) in [7, 11) is 0. The lowest BCUT2D eigenvalue weighted by molar-refractivity contribution is 0.286. The van der Waals surface area contributed by atoms with Gasteiger partial charge in [0.2, 0.25) is 0 Å². The topological polar surface area (TPSA) is 24.9 Å². The molecule has 1 aromatic heterocycles. The van der Waals surface area contributed by atoms with E-state index in [-0.39, 0.29) is 0 Å². The van der Waals surface area contributed by atoms with Gasteiger partial charge in [-0.1, -0.05) is 30.9 Å². The molecule has 96 valence electrons. The van der Waals surface area contributed by atoms with Crippen LogP contribution < -0.4 is 5.32 Å². The fourth-order valence-electron chi connectivity index (χ4n) is 2.58. The van der Waals surface area contributed by atoms with E-state index in [1.807, 2.05) is 17.6 Å². The average molecular weight is 281 g/mol. The van der Waals surface area contributed by atoms with Gasteiger partial charge in [-0.3, -0.25) is 0 Å². The Hall–Kier alpha value is -0.800. The Bertz CT molecular complexity index is 548. The molecule has 0 saturated heterocycles. The van der Waals surface area contributed by atoms with Crippen molar-refractivity contribution in [3.63, 3.8) is 0 Å². The Labute approximate surface area is 116 Å². The average Bonchev–Trinajstić information content (AvgIpc) is 2.76. The molecule has 1 fully saturated rings. The number of rotatable bonds is 4. The normalized spacial score (nSPS) is 17.7. The van der Waals surface area contributed by atoms with Crippen molar-refractivity contribution in [2.75, 3.05) is 5.32 Å². The summed E-state index contributed by atoms with van der Waals surface area (Å²) in [5.41, 5.74) is 3.89. The third-order valence-corrected chi connectivity index (χ3v) is 4.86. The SMILES string of the molecule is CC(CC1CCC1)Nc1c(Cl)ccc2scnc12. The van der Waals surface area contributed by atoms with E-state index in [1.165, 1.54) is 30.4 Å². The number of nitrogens with one attached hydrogen (secondary N) is 1. The van der Waals surface area contributed by atoms with Gasteiger partial charge in [0.25, 0.3) is 0 Å². The number of fused-ring (bicyclic) bond motifs is 1. The summed E-state index contributed by atoms with van der Waals surface area (Å²) >= 11 is 7.95. The molecule has 0 spiro atoms. The van der Waals surface area contributed by atoms with Crippen LogP contribution in [-0.4, -0.2) is 11.0 Å². The number of benzene rings is 1. The smallest absolute Gasteiger partial charge is 0.106 e. The summed E-state index contributed by atoms with van der Waals surface area (Å²) in [4.78, 5) is 4.42. The molecule has 1 heterocycles. The van der Waals surface area contributed by atoms with Crippen LogP contribution in [0.3, 0.4) is 0 Å². The Balaban J connectivity index is 1.79. The highest BCUT2D eigenvalue weighted by Gasteiger charge is 2.20. The largest absolute Gasteiger partial charge is 0.380 e. The lowest BCUT2D eigenvalue weighted by atomic mass is 9.81. The zero-order valence-electron chi connectivity index (χ0n) is 10.4. The molecule has 1 aliphatic rings. The van der Waals surface area contributed by atoms with Crippen molar-refractivity contribution in [1.82, 2.24) is 4.98 Å². The molecule has 1 unspecified atom stereocenters. The van der Waals surface area contributed by atoms with Crippen molar-refractivity contribution in [2.45, 2.75) is 38.6 Å². The second-order valence-corrected chi connectivity index (χ2v) is 6.49. The van der Waals surface area contributed by atoms with Crippen LogP contribution >= 0.6 is 22.9 Å². The van der Waals surface area contributed by atoms with E-state index in [9.17, 15) is 0 Å². The maximum Gasteiger partial charge on any atom is 0.106 e. The Morgan fingerprint density at radius 1 is 1.50 bits per heavy atom. The highest BCUT2D eigenvalue weighted by Crippen LogP contribution is 2.35. The summed E-state index contributed by atoms with van der Waals surface area (Å²) in [6, 6.07) is 4.46. The zero-order chi connectivity index (χ0) is 12.5. The fourth-order valence-corrected chi connectivity index (χ4v) is 3.47. The molecular formula is C14H17ClN2S. The highest BCUT2D eigenvalue weighted by atomic mass is 35.5. The van der Waals surface area contributed by atoms with Gasteiger partial charge in [0.15, 0.2) is 0 Å². The second-order valence-electron chi connectivity index (χ2n) is 5.20. The molecule has 1 N–H and O–H groups in total. The summed E-state index contributed by atoms with van der Waals surface area (Å²) in [6.45, 7) is 2.24. The molecule has 2 aromatic rings. The number of thiazole rings is 1. The van der Waals surface area contributed by atoms with Gasteiger partial charge in [-0.2, -0.15) is 0 Å². The van der Waals surface area contributed by atoms with Crippen molar-refractivity contribution < 1.29 is 0 Å². The molecule has 0 radical (unpaired) electrons. The number of hydrogen-bond donors (Lipinski definition) is 1. The van der Waals surface area contributed by atoms with E-state index in [4.69, 9.17) is 11.6 Å². The van der Waals surface area contributed by atoms with Crippen LogP contribution in [0.1, 0.15) is 32.6 Å². The van der Waals surface area contributed by atoms with Crippen molar-refractivity contribution in [1.29, 1.82) is 0 Å². The van der Waals surface area contributed by atoms with Gasteiger partial charge in [0, 0.05) is 6.04 Å². The first kappa shape index (κ1) is 12.2. The lowest BCUT2D eigenvalue weighted by Gasteiger charge is -2.29. The van der Waals surface area contributed by atoms with Gasteiger partial charge in [-0.15, -0.1) is 11.3 Å². The second kappa shape index (κ2) is 5.06. The molecule has 2 nitrogen and oxygen atoms in total. The molecule has 0 aliphatic heterocycles. The molecule has 4 heteroatoms. The molecule has 1 atom stereocenters. The molecule has 1 aromatic carbocycles. The monoisotopic (exact) mass is 280 g/mol. The van der Waals surface area contributed by atoms with E-state index < -0.39 is 0 Å². The van der Waals surface area contributed by atoms with Crippen molar-refractivity contribution in [2.24, 2.45) is 5.92 Å². The number of anilines is 1. The first-order valence-electron chi connectivity index (χ1n) is 6.52. The Morgan fingerprint density at radius 3 is 3.06 bits per heavy atom. The minimum atomic E-state index is 0.458. The first-order valence-corrected chi connectivity index (χ1v) is 7.78. The number of hydrogen-bond acceptors (Lipinski definition) is 3. The third-order valence-electron chi connectivity index (χ3n) is 3.75. The minimum absolute atomic E-state index is 0.458. The van der Waals surface area contributed by atoms with Gasteiger partial charge in [0.05, 0.1) is 20.9 Å². The minimum Gasteiger partial charge on any atom is -0.380 e. The van der Waals surface area contributed by atoms with Gasteiger partial charge in [0.1, 0.15) is 5.52 Å². The van der Waals surface area contributed by atoms with E-state index in [1.54, 1.807) is 11.3 Å². The molecule has 0 amide bonds. The summed E-state index contributed by atoms with van der Waals surface area (Å²) in [5, 5.41) is 4.32. The quantitative estimate of drug-likeness (QED) is 0.858. The summed E-state index contributed by atoms with van der Waals surface area (Å²) in [5.74, 6) is 0.904. The fraction of sp³-hybridized carbons (Fsp3) is 0.500. The van der Waals surface area contributed by atoms with Crippen LogP contribution in [-0.2, 0) is 0 Å². The van der Waals surface area contributed by atoms with Crippen LogP contribution in [0.25, 0.3) is 10.2 Å². The van der Waals surface area contributed by atoms with Crippen LogP contribution in [0, 0.1) is 5.92 Å². The lowest BCUT2D eigenvalue weighted by Crippen LogP contribution is -2.23. The Kier molecular flexibility index (Phi) is 3.44. The van der Waals surface area contributed by atoms with Crippen LogP contribution in [0.15, 0.2) is 17.6 Å². The van der Waals surface area contributed by atoms with Crippen LogP contribution in [0.2, 0.25) is 5.02 Å². The predicted octanol–water partition coefficient (Wildman–Crippen LogP) is 4.94. The molecular weight excluding hydrogens is 264 g/mol.